The van der Waals surface area contributed by atoms with Crippen molar-refractivity contribution in [1.82, 2.24) is 10.2 Å². The van der Waals surface area contributed by atoms with Crippen LogP contribution in [0.4, 0.5) is 4.79 Å². The predicted molar refractivity (Wildman–Crippen MR) is 60.9 cm³/mol. The van der Waals surface area contributed by atoms with Crippen LogP contribution < -0.4 is 5.32 Å². The van der Waals surface area contributed by atoms with Crippen LogP contribution in [0.5, 0.6) is 0 Å². The maximum Gasteiger partial charge on any atom is 0.329 e. The molecule has 0 saturated carbocycles. The Bertz CT molecular complexity index is 340. The smallest absolute Gasteiger partial charge is 0.329 e. The molecule has 5 nitrogen and oxygen atoms in total. The van der Waals surface area contributed by atoms with Gasteiger partial charge in [-0.25, -0.2) is 9.59 Å². The first kappa shape index (κ1) is 14.3. The number of hydrogen-bond donors (Lipinski definition) is 2. The Hall–Kier alpha value is -1.70. The number of carbonyl (C=O) groups is 2. The minimum Gasteiger partial charge on any atom is -0.480 e. The number of nitrogens with one attached hydrogen (secondary N) is 1. The number of hydrogen-bond acceptors (Lipinski definition) is 2. The summed E-state index contributed by atoms with van der Waals surface area (Å²) in [5, 5.41) is 11.5. The standard InChI is InChI=1S/C11H18N2O3/c1-7-10(2,3)12-9(16)13(6)11(4,5)8(14)15/h1H,2-6H3,(H,12,16)(H,14,15). The van der Waals surface area contributed by atoms with Crippen LogP contribution in [0.15, 0.2) is 0 Å². The largest absolute Gasteiger partial charge is 0.480 e. The highest BCUT2D eigenvalue weighted by atomic mass is 16.4. The number of likely N-dealkylation sites (N-methyl/N-ethyl adjacent to an activating group) is 1. The van der Waals surface area contributed by atoms with Gasteiger partial charge in [-0.1, -0.05) is 5.92 Å². The fourth-order valence-electron chi connectivity index (χ4n) is 0.785. The first-order valence-corrected chi connectivity index (χ1v) is 4.81. The predicted octanol–water partition coefficient (Wildman–Crippen LogP) is 0.903. The summed E-state index contributed by atoms with van der Waals surface area (Å²) in [6.45, 7) is 6.20. The van der Waals surface area contributed by atoms with Crippen LogP contribution >= 0.6 is 0 Å². The van der Waals surface area contributed by atoms with Crippen LogP contribution in [0, 0.1) is 12.3 Å². The maximum atomic E-state index is 11.7. The van der Waals surface area contributed by atoms with Crippen LogP contribution in [0.25, 0.3) is 0 Å². The van der Waals surface area contributed by atoms with E-state index in [0.717, 1.165) is 4.90 Å². The maximum absolute atomic E-state index is 11.7. The Kier molecular flexibility index (Phi) is 3.96. The fraction of sp³-hybridized carbons (Fsp3) is 0.636. The average molecular weight is 226 g/mol. The summed E-state index contributed by atoms with van der Waals surface area (Å²) < 4.78 is 0. The van der Waals surface area contributed by atoms with Gasteiger partial charge in [0.15, 0.2) is 0 Å². The molecule has 0 aromatic heterocycles. The Morgan fingerprint density at radius 1 is 1.31 bits per heavy atom. The lowest BCUT2D eigenvalue weighted by Crippen LogP contribution is -2.57. The molecule has 0 aliphatic rings. The lowest BCUT2D eigenvalue weighted by Gasteiger charge is -2.33. The van der Waals surface area contributed by atoms with E-state index >= 15 is 0 Å². The number of amides is 2. The molecule has 0 heterocycles. The van der Waals surface area contributed by atoms with Gasteiger partial charge in [0.2, 0.25) is 0 Å². The van der Waals surface area contributed by atoms with Crippen molar-refractivity contribution in [2.24, 2.45) is 0 Å². The first-order chi connectivity index (χ1) is 7.04. The third-order valence-corrected chi connectivity index (χ3v) is 2.45. The van der Waals surface area contributed by atoms with Crippen molar-refractivity contribution < 1.29 is 14.7 Å². The van der Waals surface area contributed by atoms with Crippen LogP contribution in [-0.4, -0.2) is 40.1 Å². The number of carboxylic acid groups (broad SMARTS) is 1. The van der Waals surface area contributed by atoms with Crippen molar-refractivity contribution in [3.05, 3.63) is 0 Å². The number of carbonyl (C=O) groups excluding carboxylic acids is 1. The molecule has 2 amide bonds. The van der Waals surface area contributed by atoms with Crippen molar-refractivity contribution >= 4 is 12.0 Å². The molecule has 16 heavy (non-hydrogen) atoms. The third kappa shape index (κ3) is 3.16. The summed E-state index contributed by atoms with van der Waals surface area (Å²) in [4.78, 5) is 23.8. The van der Waals surface area contributed by atoms with Gasteiger partial charge in [-0.15, -0.1) is 6.42 Å². The fourth-order valence-corrected chi connectivity index (χ4v) is 0.785. The van der Waals surface area contributed by atoms with Gasteiger partial charge in [0.25, 0.3) is 0 Å². The number of carboxylic acids is 1. The number of urea groups is 1. The molecule has 0 saturated heterocycles. The quantitative estimate of drug-likeness (QED) is 0.702. The Morgan fingerprint density at radius 3 is 2.06 bits per heavy atom. The number of rotatable bonds is 3. The highest BCUT2D eigenvalue weighted by Crippen LogP contribution is 2.13. The van der Waals surface area contributed by atoms with Crippen molar-refractivity contribution in [3.8, 4) is 12.3 Å². The summed E-state index contributed by atoms with van der Waals surface area (Å²) in [6, 6.07) is -0.518. The number of nitrogens with zero attached hydrogens (tertiary/aromatic N) is 1. The Labute approximate surface area is 95.8 Å². The van der Waals surface area contributed by atoms with E-state index in [4.69, 9.17) is 11.5 Å². The molecule has 0 aromatic rings. The molecule has 0 aliphatic carbocycles. The van der Waals surface area contributed by atoms with Gasteiger partial charge in [-0.05, 0) is 27.7 Å². The van der Waals surface area contributed by atoms with Crippen molar-refractivity contribution in [2.45, 2.75) is 38.8 Å². The van der Waals surface area contributed by atoms with Gasteiger partial charge in [-0.2, -0.15) is 0 Å². The van der Waals surface area contributed by atoms with Gasteiger partial charge in [0.05, 0.1) is 5.54 Å². The molecule has 0 spiro atoms. The molecular formula is C11H18N2O3. The van der Waals surface area contributed by atoms with E-state index in [1.165, 1.54) is 20.9 Å². The van der Waals surface area contributed by atoms with Gasteiger partial charge in [0.1, 0.15) is 5.54 Å². The van der Waals surface area contributed by atoms with E-state index in [1.807, 2.05) is 0 Å². The molecule has 0 aromatic carbocycles. The molecule has 0 radical (unpaired) electrons. The Balaban J connectivity index is 4.79. The zero-order valence-electron chi connectivity index (χ0n) is 10.3. The molecular weight excluding hydrogens is 208 g/mol. The lowest BCUT2D eigenvalue weighted by molar-refractivity contribution is -0.146. The molecule has 0 atom stereocenters. The SMILES string of the molecule is C#CC(C)(C)NC(=O)N(C)C(C)(C)C(=O)O. The van der Waals surface area contributed by atoms with Gasteiger partial charge >= 0.3 is 12.0 Å². The third-order valence-electron chi connectivity index (χ3n) is 2.45. The number of terminal acetylenes is 1. The molecule has 0 unspecified atom stereocenters. The van der Waals surface area contributed by atoms with Gasteiger partial charge < -0.3 is 15.3 Å². The second kappa shape index (κ2) is 4.44. The average Bonchev–Trinajstić information content (AvgIpc) is 2.15. The lowest BCUT2D eigenvalue weighted by atomic mass is 10.0. The van der Waals surface area contributed by atoms with Gasteiger partial charge in [0, 0.05) is 7.05 Å². The highest BCUT2D eigenvalue weighted by Gasteiger charge is 2.36. The minimum atomic E-state index is -1.28. The van der Waals surface area contributed by atoms with Crippen LogP contribution in [0.3, 0.4) is 0 Å². The normalized spacial score (nSPS) is 11.5. The summed E-state index contributed by atoms with van der Waals surface area (Å²) in [5.41, 5.74) is -2.09. The zero-order valence-corrected chi connectivity index (χ0v) is 10.3. The summed E-state index contributed by atoms with van der Waals surface area (Å²) in [7, 11) is 1.41. The zero-order chi connectivity index (χ0) is 13.1. The highest BCUT2D eigenvalue weighted by molar-refractivity contribution is 5.85. The van der Waals surface area contributed by atoms with Gasteiger partial charge in [-0.3, -0.25) is 0 Å². The van der Waals surface area contributed by atoms with Crippen LogP contribution in [0.1, 0.15) is 27.7 Å². The van der Waals surface area contributed by atoms with E-state index in [0.29, 0.717) is 0 Å². The first-order valence-electron chi connectivity index (χ1n) is 4.81. The molecule has 90 valence electrons. The Morgan fingerprint density at radius 2 is 1.75 bits per heavy atom. The minimum absolute atomic E-state index is 0.518. The molecule has 0 fully saturated rings. The van der Waals surface area contributed by atoms with Crippen molar-refractivity contribution in [2.75, 3.05) is 7.05 Å². The monoisotopic (exact) mass is 226 g/mol. The van der Waals surface area contributed by atoms with Crippen molar-refractivity contribution in [3.63, 3.8) is 0 Å². The van der Waals surface area contributed by atoms with Crippen molar-refractivity contribution in [1.29, 1.82) is 0 Å². The molecule has 0 rings (SSSR count). The summed E-state index contributed by atoms with van der Waals surface area (Å²) in [6.07, 6.45) is 5.22. The van der Waals surface area contributed by atoms with Crippen LogP contribution in [0.2, 0.25) is 0 Å². The molecule has 5 heteroatoms. The van der Waals surface area contributed by atoms with E-state index in [1.54, 1.807) is 13.8 Å². The topological polar surface area (TPSA) is 69.6 Å². The molecule has 2 N–H and O–H groups in total. The second-order valence-electron chi connectivity index (χ2n) is 4.62. The number of aliphatic carboxylic acids is 1. The molecule has 0 bridgehead atoms. The summed E-state index contributed by atoms with van der Waals surface area (Å²) >= 11 is 0. The van der Waals surface area contributed by atoms with E-state index in [-0.39, 0.29) is 0 Å². The van der Waals surface area contributed by atoms with E-state index < -0.39 is 23.1 Å². The summed E-state index contributed by atoms with van der Waals surface area (Å²) in [5.74, 6) is 1.32. The van der Waals surface area contributed by atoms with Crippen LogP contribution in [-0.2, 0) is 4.79 Å². The van der Waals surface area contributed by atoms with E-state index in [2.05, 4.69) is 11.2 Å². The molecule has 0 aliphatic heterocycles. The second-order valence-corrected chi connectivity index (χ2v) is 4.62. The van der Waals surface area contributed by atoms with E-state index in [9.17, 15) is 9.59 Å².